The van der Waals surface area contributed by atoms with Crippen LogP contribution in [0.15, 0.2) is 55.0 Å². The van der Waals surface area contributed by atoms with Crippen LogP contribution in [0.5, 0.6) is 0 Å². The number of hydrogen-bond donors (Lipinski definition) is 4. The fourth-order valence-electron chi connectivity index (χ4n) is 5.22. The summed E-state index contributed by atoms with van der Waals surface area (Å²) in [6.07, 6.45) is 5.00. The number of fused-ring (bicyclic) bond motifs is 1. The topological polar surface area (TPSA) is 146 Å². The van der Waals surface area contributed by atoms with E-state index in [9.17, 15) is 19.2 Å². The first-order chi connectivity index (χ1) is 20.3. The summed E-state index contributed by atoms with van der Waals surface area (Å²) < 4.78 is 4.95. The van der Waals surface area contributed by atoms with Gasteiger partial charge in [0.25, 0.3) is 0 Å². The molecule has 1 aliphatic rings. The highest BCUT2D eigenvalue weighted by Crippen LogP contribution is 2.23. The molecule has 0 bridgehead atoms. The van der Waals surface area contributed by atoms with Gasteiger partial charge in [-0.2, -0.15) is 0 Å². The number of carbonyl (C=O) groups is 4. The van der Waals surface area contributed by atoms with Crippen molar-refractivity contribution in [1.82, 2.24) is 30.8 Å². The van der Waals surface area contributed by atoms with Gasteiger partial charge in [0.15, 0.2) is 0 Å². The molecule has 0 spiro atoms. The van der Waals surface area contributed by atoms with Gasteiger partial charge in [-0.25, -0.2) is 9.78 Å². The average molecular weight is 577 g/mol. The number of H-pyrrole nitrogens is 1. The molecule has 1 saturated heterocycles. The van der Waals surface area contributed by atoms with Crippen LogP contribution in [0.1, 0.15) is 50.8 Å². The molecule has 2 heterocycles. The SMILES string of the molecule is CC[C@H](C)CC(NC(=O)[C@@H]1CCC(=O)N1)N(CC(=O)N[C@@H](Cc1cnc[nH]1)C(=O)OC)Cc1cccc2ccccc12. The summed E-state index contributed by atoms with van der Waals surface area (Å²) in [7, 11) is 1.28. The number of hydrogen-bond acceptors (Lipinski definition) is 7. The molecule has 1 unspecified atom stereocenters. The molecule has 1 aromatic heterocycles. The maximum absolute atomic E-state index is 13.6. The zero-order chi connectivity index (χ0) is 30.1. The fraction of sp³-hybridized carbons (Fsp3) is 0.452. The van der Waals surface area contributed by atoms with Gasteiger partial charge < -0.3 is 25.7 Å². The maximum atomic E-state index is 13.6. The van der Waals surface area contributed by atoms with Crippen molar-refractivity contribution in [3.63, 3.8) is 0 Å². The van der Waals surface area contributed by atoms with Gasteiger partial charge in [0.1, 0.15) is 12.1 Å². The molecule has 2 aromatic carbocycles. The monoisotopic (exact) mass is 576 g/mol. The minimum Gasteiger partial charge on any atom is -0.467 e. The van der Waals surface area contributed by atoms with Gasteiger partial charge in [-0.15, -0.1) is 0 Å². The number of carbonyl (C=O) groups excluding carboxylic acids is 4. The predicted molar refractivity (Wildman–Crippen MR) is 158 cm³/mol. The molecule has 224 valence electrons. The molecule has 11 heteroatoms. The van der Waals surface area contributed by atoms with E-state index < -0.39 is 24.2 Å². The van der Waals surface area contributed by atoms with Crippen molar-refractivity contribution in [2.75, 3.05) is 13.7 Å². The summed E-state index contributed by atoms with van der Waals surface area (Å²) >= 11 is 0. The molecule has 1 aliphatic heterocycles. The minimum absolute atomic E-state index is 0.0852. The number of rotatable bonds is 14. The molecule has 42 heavy (non-hydrogen) atoms. The Hall–Kier alpha value is -4.25. The highest BCUT2D eigenvalue weighted by atomic mass is 16.5. The van der Waals surface area contributed by atoms with Crippen molar-refractivity contribution in [2.45, 2.75) is 70.7 Å². The maximum Gasteiger partial charge on any atom is 0.328 e. The Morgan fingerprint density at radius 3 is 2.62 bits per heavy atom. The Morgan fingerprint density at radius 2 is 1.93 bits per heavy atom. The first-order valence-electron chi connectivity index (χ1n) is 14.4. The zero-order valence-corrected chi connectivity index (χ0v) is 24.4. The number of nitrogens with zero attached hydrogens (tertiary/aromatic N) is 2. The quantitative estimate of drug-likeness (QED) is 0.170. The van der Waals surface area contributed by atoms with E-state index in [0.717, 1.165) is 22.8 Å². The Bertz CT molecular complexity index is 1370. The number of imidazole rings is 1. The lowest BCUT2D eigenvalue weighted by Gasteiger charge is -2.34. The van der Waals surface area contributed by atoms with Crippen molar-refractivity contribution in [3.8, 4) is 0 Å². The van der Waals surface area contributed by atoms with Gasteiger partial charge in [0.05, 0.1) is 26.1 Å². The van der Waals surface area contributed by atoms with Gasteiger partial charge in [-0.1, -0.05) is 62.7 Å². The Kier molecular flexibility index (Phi) is 10.7. The molecule has 11 nitrogen and oxygen atoms in total. The van der Waals surface area contributed by atoms with Crippen LogP contribution in [0.25, 0.3) is 10.8 Å². The smallest absolute Gasteiger partial charge is 0.328 e. The van der Waals surface area contributed by atoms with Gasteiger partial charge in [-0.3, -0.25) is 19.3 Å². The van der Waals surface area contributed by atoms with Crippen LogP contribution in [0.2, 0.25) is 0 Å². The van der Waals surface area contributed by atoms with E-state index in [2.05, 4.69) is 39.8 Å². The van der Waals surface area contributed by atoms with Crippen LogP contribution < -0.4 is 16.0 Å². The second-order valence-corrected chi connectivity index (χ2v) is 10.9. The summed E-state index contributed by atoms with van der Waals surface area (Å²) in [6, 6.07) is 12.5. The normalized spacial score (nSPS) is 17.0. The second kappa shape index (κ2) is 14.6. The van der Waals surface area contributed by atoms with E-state index in [1.165, 1.54) is 13.4 Å². The Labute approximate surface area is 245 Å². The molecular weight excluding hydrogens is 536 g/mol. The van der Waals surface area contributed by atoms with E-state index in [0.29, 0.717) is 31.5 Å². The zero-order valence-electron chi connectivity index (χ0n) is 24.4. The first-order valence-corrected chi connectivity index (χ1v) is 14.4. The van der Waals surface area contributed by atoms with E-state index in [-0.39, 0.29) is 36.6 Å². The third-order valence-corrected chi connectivity index (χ3v) is 7.78. The summed E-state index contributed by atoms with van der Waals surface area (Å²) in [6.45, 7) is 4.47. The van der Waals surface area contributed by atoms with Crippen molar-refractivity contribution in [3.05, 3.63) is 66.2 Å². The summed E-state index contributed by atoms with van der Waals surface area (Å²) in [5.41, 5.74) is 1.68. The molecule has 0 aliphatic carbocycles. The second-order valence-electron chi connectivity index (χ2n) is 10.9. The number of aromatic nitrogens is 2. The molecule has 4 rings (SSSR count). The number of esters is 1. The van der Waals surface area contributed by atoms with Crippen LogP contribution >= 0.6 is 0 Å². The van der Waals surface area contributed by atoms with Crippen molar-refractivity contribution >= 4 is 34.5 Å². The van der Waals surface area contributed by atoms with Gasteiger partial charge in [-0.05, 0) is 35.1 Å². The molecule has 4 N–H and O–H groups in total. The standard InChI is InChI=1S/C31H40N6O5/c1-4-20(2)14-27(36-30(40)25-12-13-28(38)34-25)37(17-22-10-7-9-21-8-5-6-11-24(21)22)18-29(39)35-26(31(41)42-3)15-23-16-32-19-33-23/h5-11,16,19-20,25-27H,4,12-15,17-18H2,1-3H3,(H,32,33)(H,34,38)(H,35,39)(H,36,40)/t20-,25-,26-,27?/m0/s1. The lowest BCUT2D eigenvalue weighted by molar-refractivity contribution is -0.145. The summed E-state index contributed by atoms with van der Waals surface area (Å²) in [4.78, 5) is 60.1. The van der Waals surface area contributed by atoms with E-state index in [4.69, 9.17) is 4.74 Å². The number of methoxy groups -OCH3 is 1. The predicted octanol–water partition coefficient (Wildman–Crippen LogP) is 2.42. The molecule has 0 saturated carbocycles. The van der Waals surface area contributed by atoms with Gasteiger partial charge in [0.2, 0.25) is 17.7 Å². The highest BCUT2D eigenvalue weighted by molar-refractivity contribution is 5.91. The van der Waals surface area contributed by atoms with Crippen LogP contribution in [0.4, 0.5) is 0 Å². The molecule has 4 atom stereocenters. The van der Waals surface area contributed by atoms with Gasteiger partial charge in [0, 0.05) is 31.3 Å². The Morgan fingerprint density at radius 1 is 1.14 bits per heavy atom. The van der Waals surface area contributed by atoms with Gasteiger partial charge >= 0.3 is 5.97 Å². The van der Waals surface area contributed by atoms with E-state index in [1.807, 2.05) is 47.4 Å². The van der Waals surface area contributed by atoms with Crippen molar-refractivity contribution < 1.29 is 23.9 Å². The largest absolute Gasteiger partial charge is 0.467 e. The third kappa shape index (κ3) is 8.16. The molecule has 1 fully saturated rings. The van der Waals surface area contributed by atoms with Crippen LogP contribution in [-0.2, 0) is 36.9 Å². The number of amides is 3. The highest BCUT2D eigenvalue weighted by Gasteiger charge is 2.32. The Balaban J connectivity index is 1.62. The molecule has 3 amide bonds. The van der Waals surface area contributed by atoms with Crippen LogP contribution in [-0.4, -0.2) is 70.5 Å². The molecule has 3 aromatic rings. The molecule has 0 radical (unpaired) electrons. The number of benzene rings is 2. The van der Waals surface area contributed by atoms with Crippen molar-refractivity contribution in [2.24, 2.45) is 5.92 Å². The van der Waals surface area contributed by atoms with Crippen molar-refractivity contribution in [1.29, 1.82) is 0 Å². The van der Waals surface area contributed by atoms with E-state index >= 15 is 0 Å². The number of nitrogens with one attached hydrogen (secondary N) is 4. The minimum atomic E-state index is -0.918. The summed E-state index contributed by atoms with van der Waals surface area (Å²) in [5, 5.41) is 10.8. The number of aromatic amines is 1. The molecular formula is C31H40N6O5. The van der Waals surface area contributed by atoms with Crippen LogP contribution in [0, 0.1) is 5.92 Å². The first kappa shape index (κ1) is 30.7. The van der Waals surface area contributed by atoms with E-state index in [1.54, 1.807) is 6.20 Å². The number of ether oxygens (including phenoxy) is 1. The lowest BCUT2D eigenvalue weighted by atomic mass is 10.00. The fourth-order valence-corrected chi connectivity index (χ4v) is 5.22. The average Bonchev–Trinajstić information content (AvgIpc) is 3.67. The van der Waals surface area contributed by atoms with Crippen LogP contribution in [0.3, 0.4) is 0 Å². The lowest BCUT2D eigenvalue weighted by Crippen LogP contribution is -2.56. The summed E-state index contributed by atoms with van der Waals surface area (Å²) in [5.74, 6) is -1.13. The third-order valence-electron chi connectivity index (χ3n) is 7.78.